The molecule has 0 heteroatoms. The molecule has 4 aromatic carbocycles. The third-order valence-electron chi connectivity index (χ3n) is 3.89. The van der Waals surface area contributed by atoms with E-state index in [9.17, 15) is 0 Å². The molecule has 0 fully saturated rings. The Kier molecular flexibility index (Phi) is 1.90. The second-order valence-electron chi connectivity index (χ2n) is 4.85. The van der Waals surface area contributed by atoms with E-state index in [0.29, 0.717) is 0 Å². The molecule has 0 aliphatic heterocycles. The van der Waals surface area contributed by atoms with Crippen molar-refractivity contribution in [1.82, 2.24) is 0 Å². The molecule has 0 aliphatic carbocycles. The normalized spacial score (nSPS) is 11.8. The fourth-order valence-corrected chi connectivity index (χ4v) is 3.04. The van der Waals surface area contributed by atoms with Crippen molar-refractivity contribution in [1.29, 1.82) is 0 Å². The van der Waals surface area contributed by atoms with Crippen LogP contribution in [0.25, 0.3) is 32.3 Å². The van der Waals surface area contributed by atoms with Gasteiger partial charge in [0.1, 0.15) is 0 Å². The predicted molar refractivity (Wildman–Crippen MR) is 78.4 cm³/mol. The van der Waals surface area contributed by atoms with Crippen LogP contribution in [0.4, 0.5) is 0 Å². The van der Waals surface area contributed by atoms with Gasteiger partial charge in [0, 0.05) is 0 Å². The number of rotatable bonds is 1. The highest BCUT2D eigenvalue weighted by atomic mass is 14.1. The highest BCUT2D eigenvalue weighted by Crippen LogP contribution is 2.36. The minimum atomic E-state index is 1.07. The zero-order valence-corrected chi connectivity index (χ0v) is 10.3. The van der Waals surface area contributed by atoms with Gasteiger partial charge in [-0.1, -0.05) is 49.4 Å². The van der Waals surface area contributed by atoms with Crippen LogP contribution in [0, 0.1) is 6.07 Å². The van der Waals surface area contributed by atoms with E-state index in [1.807, 2.05) is 6.07 Å². The van der Waals surface area contributed by atoms with Crippen LogP contribution >= 0.6 is 0 Å². The third-order valence-corrected chi connectivity index (χ3v) is 3.89. The highest BCUT2D eigenvalue weighted by Gasteiger charge is 2.10. The summed E-state index contributed by atoms with van der Waals surface area (Å²) in [5.41, 5.74) is 1.42. The quantitative estimate of drug-likeness (QED) is 0.405. The zero-order chi connectivity index (χ0) is 12.1. The van der Waals surface area contributed by atoms with E-state index in [2.05, 4.69) is 55.5 Å². The van der Waals surface area contributed by atoms with Crippen LogP contribution < -0.4 is 0 Å². The van der Waals surface area contributed by atoms with E-state index < -0.39 is 0 Å². The van der Waals surface area contributed by atoms with Gasteiger partial charge in [0.05, 0.1) is 0 Å². The Hall–Kier alpha value is -2.08. The van der Waals surface area contributed by atoms with Crippen molar-refractivity contribution >= 4 is 32.3 Å². The Bertz CT molecular complexity index is 856. The van der Waals surface area contributed by atoms with Gasteiger partial charge in [-0.05, 0) is 56.4 Å². The summed E-state index contributed by atoms with van der Waals surface area (Å²) in [6.07, 6.45) is 1.07. The van der Waals surface area contributed by atoms with E-state index in [1.54, 1.807) is 0 Å². The second kappa shape index (κ2) is 3.46. The van der Waals surface area contributed by atoms with E-state index in [0.717, 1.165) is 6.42 Å². The summed E-state index contributed by atoms with van der Waals surface area (Å²) >= 11 is 0. The lowest BCUT2D eigenvalue weighted by atomic mass is 9.91. The molecule has 4 aromatic rings. The first-order valence-electron chi connectivity index (χ1n) is 6.45. The lowest BCUT2D eigenvalue weighted by molar-refractivity contribution is 1.16. The van der Waals surface area contributed by atoms with Crippen molar-refractivity contribution in [3.63, 3.8) is 0 Å². The lowest BCUT2D eigenvalue weighted by Crippen LogP contribution is -1.89. The summed E-state index contributed by atoms with van der Waals surface area (Å²) in [6.45, 7) is 2.22. The van der Waals surface area contributed by atoms with Gasteiger partial charge in [0.2, 0.25) is 0 Å². The van der Waals surface area contributed by atoms with Gasteiger partial charge < -0.3 is 0 Å². The van der Waals surface area contributed by atoms with Gasteiger partial charge in [-0.2, -0.15) is 0 Å². The van der Waals surface area contributed by atoms with Crippen LogP contribution in [0.15, 0.2) is 48.5 Å². The molecule has 4 rings (SSSR count). The average molecular weight is 229 g/mol. The summed E-state index contributed by atoms with van der Waals surface area (Å²) < 4.78 is 0. The summed E-state index contributed by atoms with van der Waals surface area (Å²) in [6, 6.07) is 20.9. The maximum atomic E-state index is 3.39. The van der Waals surface area contributed by atoms with Crippen LogP contribution in [0.5, 0.6) is 0 Å². The SMILES string of the molecule is CCc1cc2[c]ccc3ccc4cccc1c4c23. The maximum Gasteiger partial charge on any atom is -0.00204 e. The first kappa shape index (κ1) is 9.90. The zero-order valence-electron chi connectivity index (χ0n) is 10.3. The lowest BCUT2D eigenvalue weighted by Gasteiger charge is -2.13. The van der Waals surface area contributed by atoms with E-state index in [1.165, 1.54) is 37.9 Å². The van der Waals surface area contributed by atoms with Crippen molar-refractivity contribution in [3.8, 4) is 0 Å². The fraction of sp³-hybridized carbons (Fsp3) is 0.111. The van der Waals surface area contributed by atoms with Crippen LogP contribution in [-0.2, 0) is 6.42 Å². The minimum absolute atomic E-state index is 1.07. The number of aryl methyl sites for hydroxylation is 1. The van der Waals surface area contributed by atoms with Gasteiger partial charge in [-0.25, -0.2) is 0 Å². The summed E-state index contributed by atoms with van der Waals surface area (Å²) in [5, 5.41) is 8.06. The molecule has 1 radical (unpaired) electrons. The van der Waals surface area contributed by atoms with E-state index >= 15 is 0 Å². The van der Waals surface area contributed by atoms with E-state index in [4.69, 9.17) is 0 Å². The molecule has 85 valence electrons. The summed E-state index contributed by atoms with van der Waals surface area (Å²) in [5.74, 6) is 0. The van der Waals surface area contributed by atoms with Gasteiger partial charge in [-0.3, -0.25) is 0 Å². The number of hydrogen-bond acceptors (Lipinski definition) is 0. The maximum absolute atomic E-state index is 3.39. The molecule has 0 bridgehead atoms. The van der Waals surface area contributed by atoms with Gasteiger partial charge in [0.15, 0.2) is 0 Å². The molecule has 0 saturated carbocycles. The Morgan fingerprint density at radius 3 is 2.61 bits per heavy atom. The molecule has 0 atom stereocenters. The number of benzene rings is 4. The highest BCUT2D eigenvalue weighted by molar-refractivity contribution is 6.23. The summed E-state index contributed by atoms with van der Waals surface area (Å²) in [4.78, 5) is 0. The first-order chi connectivity index (χ1) is 8.88. The Balaban J connectivity index is 2.43. The van der Waals surface area contributed by atoms with Crippen LogP contribution in [-0.4, -0.2) is 0 Å². The molecule has 0 aromatic heterocycles. The average Bonchev–Trinajstić information content (AvgIpc) is 2.44. The third kappa shape index (κ3) is 1.15. The molecule has 0 N–H and O–H groups in total. The standard InChI is InChI=1S/C18H13/c1-2-12-11-15-7-3-5-13-9-10-14-6-4-8-16(12)18(14)17(13)15/h3-6,8-11H,2H2,1H3. The van der Waals surface area contributed by atoms with E-state index in [-0.39, 0.29) is 0 Å². The monoisotopic (exact) mass is 229 g/mol. The smallest absolute Gasteiger partial charge is 0.00204 e. The second-order valence-corrected chi connectivity index (χ2v) is 4.85. The molecule has 0 amide bonds. The van der Waals surface area contributed by atoms with Crippen LogP contribution in [0.3, 0.4) is 0 Å². The van der Waals surface area contributed by atoms with Crippen molar-refractivity contribution in [2.75, 3.05) is 0 Å². The molecular weight excluding hydrogens is 216 g/mol. The molecule has 0 aliphatic rings. The first-order valence-corrected chi connectivity index (χ1v) is 6.45. The molecule has 0 nitrogen and oxygen atoms in total. The van der Waals surface area contributed by atoms with Gasteiger partial charge >= 0.3 is 0 Å². The fourth-order valence-electron chi connectivity index (χ4n) is 3.04. The minimum Gasteiger partial charge on any atom is -0.0613 e. The topological polar surface area (TPSA) is 0 Å². The van der Waals surface area contributed by atoms with Crippen molar-refractivity contribution in [2.24, 2.45) is 0 Å². The molecule has 0 spiro atoms. The molecule has 0 unspecified atom stereocenters. The predicted octanol–water partition coefficient (Wildman–Crippen LogP) is 4.95. The Labute approximate surface area is 106 Å². The van der Waals surface area contributed by atoms with Crippen molar-refractivity contribution in [3.05, 3.63) is 60.2 Å². The van der Waals surface area contributed by atoms with Gasteiger partial charge in [0.25, 0.3) is 0 Å². The Morgan fingerprint density at radius 1 is 0.944 bits per heavy atom. The Morgan fingerprint density at radius 2 is 1.78 bits per heavy atom. The molecule has 0 saturated heterocycles. The largest absolute Gasteiger partial charge is 0.0613 e. The molecule has 0 heterocycles. The van der Waals surface area contributed by atoms with Crippen molar-refractivity contribution in [2.45, 2.75) is 13.3 Å². The number of hydrogen-bond donors (Lipinski definition) is 0. The molecule has 18 heavy (non-hydrogen) atoms. The molecular formula is C18H13. The van der Waals surface area contributed by atoms with Gasteiger partial charge in [-0.15, -0.1) is 0 Å². The van der Waals surface area contributed by atoms with Crippen molar-refractivity contribution < 1.29 is 0 Å². The van der Waals surface area contributed by atoms with Crippen LogP contribution in [0.2, 0.25) is 0 Å². The summed E-state index contributed by atoms with van der Waals surface area (Å²) in [7, 11) is 0. The van der Waals surface area contributed by atoms with Crippen LogP contribution in [0.1, 0.15) is 12.5 Å².